The van der Waals surface area contributed by atoms with Crippen LogP contribution in [0.5, 0.6) is 0 Å². The first kappa shape index (κ1) is 22.0. The van der Waals surface area contributed by atoms with Crippen LogP contribution in [0.3, 0.4) is 0 Å². The summed E-state index contributed by atoms with van der Waals surface area (Å²) >= 11 is 0. The highest BCUT2D eigenvalue weighted by Gasteiger charge is 2.25. The molecule has 0 bridgehead atoms. The Morgan fingerprint density at radius 2 is 1.79 bits per heavy atom. The quantitative estimate of drug-likeness (QED) is 0.652. The summed E-state index contributed by atoms with van der Waals surface area (Å²) in [6, 6.07) is 10.5. The third kappa shape index (κ3) is 4.76. The minimum Gasteiger partial charge on any atom is -0.378 e. The molecule has 1 aromatic heterocycles. The summed E-state index contributed by atoms with van der Waals surface area (Å²) in [6.07, 6.45) is 9.68. The van der Waals surface area contributed by atoms with Gasteiger partial charge in [0.25, 0.3) is 0 Å². The third-order valence-corrected chi connectivity index (χ3v) is 7.53. The lowest BCUT2D eigenvalue weighted by molar-refractivity contribution is -0.109. The van der Waals surface area contributed by atoms with Crippen molar-refractivity contribution < 1.29 is 4.79 Å². The van der Waals surface area contributed by atoms with Gasteiger partial charge in [-0.15, -0.1) is 0 Å². The second kappa shape index (κ2) is 9.56. The number of aldehydes is 1. The van der Waals surface area contributed by atoms with Gasteiger partial charge in [-0.3, -0.25) is 0 Å². The van der Waals surface area contributed by atoms with Gasteiger partial charge in [0.15, 0.2) is 0 Å². The minimum atomic E-state index is -0.395. The average molecular weight is 446 g/mol. The first-order valence-corrected chi connectivity index (χ1v) is 12.3. The molecule has 1 atom stereocenters. The Labute approximate surface area is 197 Å². The van der Waals surface area contributed by atoms with Crippen LogP contribution >= 0.6 is 0 Å². The standard InChI is InChI=1S/C27H35N5O/c1-19-8-15-32(16-9-19)25-17-22-7-12-28-24(18-33)26(22)27(30-25)29-23-5-3-20(4-6-23)21-10-13-31(2)14-11-21/h3-7,12,17-19,21,24,28H,8-11,13-16H2,1-2H3,(H,29,30). The van der Waals surface area contributed by atoms with E-state index in [-0.39, 0.29) is 0 Å². The number of fused-ring (bicyclic) bond motifs is 1. The molecule has 0 amide bonds. The van der Waals surface area contributed by atoms with E-state index in [1.807, 2.05) is 12.3 Å². The Kier molecular flexibility index (Phi) is 6.36. The zero-order valence-electron chi connectivity index (χ0n) is 19.8. The maximum atomic E-state index is 11.8. The summed E-state index contributed by atoms with van der Waals surface area (Å²) in [5, 5.41) is 6.71. The largest absolute Gasteiger partial charge is 0.378 e. The molecule has 0 saturated carbocycles. The van der Waals surface area contributed by atoms with Crippen molar-refractivity contribution in [3.63, 3.8) is 0 Å². The van der Waals surface area contributed by atoms with Gasteiger partial charge in [0, 0.05) is 24.3 Å². The smallest absolute Gasteiger partial charge is 0.146 e. The molecule has 1 unspecified atom stereocenters. The Balaban J connectivity index is 1.42. The first-order valence-electron chi connectivity index (χ1n) is 12.3. The number of carbonyl (C=O) groups is 1. The minimum absolute atomic E-state index is 0.395. The molecule has 0 radical (unpaired) electrons. The summed E-state index contributed by atoms with van der Waals surface area (Å²) in [7, 11) is 2.20. The van der Waals surface area contributed by atoms with Crippen molar-refractivity contribution in [1.29, 1.82) is 0 Å². The van der Waals surface area contributed by atoms with Crippen molar-refractivity contribution >= 4 is 29.7 Å². The van der Waals surface area contributed by atoms with Crippen molar-refractivity contribution in [2.75, 3.05) is 43.4 Å². The van der Waals surface area contributed by atoms with Crippen molar-refractivity contribution in [3.05, 3.63) is 53.2 Å². The maximum Gasteiger partial charge on any atom is 0.146 e. The summed E-state index contributed by atoms with van der Waals surface area (Å²) in [5.74, 6) is 3.16. The second-order valence-corrected chi connectivity index (χ2v) is 9.94. The van der Waals surface area contributed by atoms with Crippen molar-refractivity contribution in [3.8, 4) is 0 Å². The predicted molar refractivity (Wildman–Crippen MR) is 135 cm³/mol. The molecule has 0 spiro atoms. The number of carbonyl (C=O) groups excluding carboxylic acids is 1. The number of benzene rings is 1. The molecule has 6 nitrogen and oxygen atoms in total. The lowest BCUT2D eigenvalue weighted by Crippen LogP contribution is -2.34. The number of piperidine rings is 2. The number of aromatic nitrogens is 1. The molecule has 6 heteroatoms. The lowest BCUT2D eigenvalue weighted by Gasteiger charge is -2.33. The number of hydrogen-bond acceptors (Lipinski definition) is 6. The summed E-state index contributed by atoms with van der Waals surface area (Å²) in [6.45, 7) is 6.70. The van der Waals surface area contributed by atoms with Crippen LogP contribution in [-0.2, 0) is 4.79 Å². The molecular weight excluding hydrogens is 410 g/mol. The van der Waals surface area contributed by atoms with Gasteiger partial charge in [-0.2, -0.15) is 0 Å². The highest BCUT2D eigenvalue weighted by molar-refractivity contribution is 5.78. The molecule has 2 aromatic rings. The van der Waals surface area contributed by atoms with Crippen molar-refractivity contribution in [2.24, 2.45) is 5.92 Å². The van der Waals surface area contributed by atoms with E-state index in [0.717, 1.165) is 66.8 Å². The second-order valence-electron chi connectivity index (χ2n) is 9.94. The summed E-state index contributed by atoms with van der Waals surface area (Å²) in [5.41, 5.74) is 4.39. The van der Waals surface area contributed by atoms with Crippen LogP contribution in [0.15, 0.2) is 36.5 Å². The Morgan fingerprint density at radius 3 is 2.48 bits per heavy atom. The molecule has 174 valence electrons. The van der Waals surface area contributed by atoms with Gasteiger partial charge in [0.1, 0.15) is 24.0 Å². The summed E-state index contributed by atoms with van der Waals surface area (Å²) < 4.78 is 0. The topological polar surface area (TPSA) is 60.5 Å². The van der Waals surface area contributed by atoms with E-state index in [1.54, 1.807) is 0 Å². The van der Waals surface area contributed by atoms with Crippen LogP contribution in [0, 0.1) is 5.92 Å². The fraction of sp³-hybridized carbons (Fsp3) is 0.481. The Bertz CT molecular complexity index is 1000. The number of likely N-dealkylation sites (tertiary alicyclic amines) is 1. The van der Waals surface area contributed by atoms with Crippen LogP contribution in [0.25, 0.3) is 6.08 Å². The first-order chi connectivity index (χ1) is 16.1. The maximum absolute atomic E-state index is 11.8. The van der Waals surface area contributed by atoms with E-state index in [4.69, 9.17) is 4.98 Å². The van der Waals surface area contributed by atoms with E-state index >= 15 is 0 Å². The lowest BCUT2D eigenvalue weighted by atomic mass is 9.89. The van der Waals surface area contributed by atoms with Gasteiger partial charge < -0.3 is 25.2 Å². The van der Waals surface area contributed by atoms with Crippen LogP contribution < -0.4 is 15.5 Å². The van der Waals surface area contributed by atoms with Gasteiger partial charge in [0.05, 0.1) is 0 Å². The molecule has 0 aliphatic carbocycles. The summed E-state index contributed by atoms with van der Waals surface area (Å²) in [4.78, 5) is 21.6. The highest BCUT2D eigenvalue weighted by Crippen LogP contribution is 2.35. The van der Waals surface area contributed by atoms with Crippen LogP contribution in [-0.4, -0.2) is 49.4 Å². The van der Waals surface area contributed by atoms with Crippen molar-refractivity contribution in [1.82, 2.24) is 15.2 Å². The number of anilines is 3. The zero-order valence-corrected chi connectivity index (χ0v) is 19.8. The molecule has 5 rings (SSSR count). The van der Waals surface area contributed by atoms with Crippen LogP contribution in [0.4, 0.5) is 17.3 Å². The van der Waals surface area contributed by atoms with Gasteiger partial charge >= 0.3 is 0 Å². The van der Waals surface area contributed by atoms with Gasteiger partial charge in [0.2, 0.25) is 0 Å². The Morgan fingerprint density at radius 1 is 1.06 bits per heavy atom. The number of hydrogen-bond donors (Lipinski definition) is 2. The number of rotatable bonds is 5. The van der Waals surface area contributed by atoms with Crippen LogP contribution in [0.1, 0.15) is 61.3 Å². The molecule has 1 aromatic carbocycles. The normalized spacial score (nSPS) is 22.0. The van der Waals surface area contributed by atoms with E-state index in [9.17, 15) is 4.79 Å². The predicted octanol–water partition coefficient (Wildman–Crippen LogP) is 4.68. The third-order valence-electron chi connectivity index (χ3n) is 7.53. The molecule has 33 heavy (non-hydrogen) atoms. The molecule has 2 fully saturated rings. The fourth-order valence-electron chi connectivity index (χ4n) is 5.27. The average Bonchev–Trinajstić information content (AvgIpc) is 2.85. The van der Waals surface area contributed by atoms with E-state index < -0.39 is 6.04 Å². The van der Waals surface area contributed by atoms with E-state index in [2.05, 4.69) is 64.7 Å². The molecular formula is C27H35N5O. The van der Waals surface area contributed by atoms with Crippen molar-refractivity contribution in [2.45, 2.75) is 44.6 Å². The van der Waals surface area contributed by atoms with Gasteiger partial charge in [-0.1, -0.05) is 19.1 Å². The molecule has 2 N–H and O–H groups in total. The van der Waals surface area contributed by atoms with Gasteiger partial charge in [-0.25, -0.2) is 4.98 Å². The highest BCUT2D eigenvalue weighted by atomic mass is 16.1. The molecule has 3 aliphatic heterocycles. The van der Waals surface area contributed by atoms with E-state index in [0.29, 0.717) is 5.92 Å². The van der Waals surface area contributed by atoms with Crippen LogP contribution in [0.2, 0.25) is 0 Å². The molecule has 4 heterocycles. The zero-order chi connectivity index (χ0) is 22.8. The monoisotopic (exact) mass is 445 g/mol. The SMILES string of the molecule is CC1CCN(c2cc3c(c(Nc4ccc(C5CCN(C)CC5)cc4)n2)C(C=O)NC=C3)CC1. The van der Waals surface area contributed by atoms with Gasteiger partial charge in [-0.05, 0) is 99.3 Å². The molecule has 3 aliphatic rings. The fourth-order valence-corrected chi connectivity index (χ4v) is 5.27. The number of pyridine rings is 1. The Hall–Kier alpha value is -2.86. The molecule has 2 saturated heterocycles. The van der Waals surface area contributed by atoms with E-state index in [1.165, 1.54) is 31.2 Å². The number of nitrogens with zero attached hydrogens (tertiary/aromatic N) is 3. The number of nitrogens with one attached hydrogen (secondary N) is 2.